The molecule has 9 heteroatoms. The Hall–Kier alpha value is -1.52. The van der Waals surface area contributed by atoms with E-state index in [1.807, 2.05) is 25.2 Å². The molecule has 0 radical (unpaired) electrons. The zero-order chi connectivity index (χ0) is 14.7. The SMILES string of the molecule is BC(B)OC(=O)BC(=O)OBBC(/C=C\C)=C/C=C. The Bertz CT molecular complexity index is 378. The molecule has 0 saturated carbocycles. The molecule has 0 rings (SSSR count). The van der Waals surface area contributed by atoms with Crippen LogP contribution in [-0.2, 0) is 9.39 Å². The fourth-order valence-corrected chi connectivity index (χ4v) is 1.34. The Kier molecular flexibility index (Phi) is 9.58. The van der Waals surface area contributed by atoms with Crippen molar-refractivity contribution in [3.63, 3.8) is 0 Å². The summed E-state index contributed by atoms with van der Waals surface area (Å²) in [5, 5.41) is 0. The lowest BCUT2D eigenvalue weighted by Gasteiger charge is -2.07. The largest absolute Gasteiger partial charge is 0.555 e. The van der Waals surface area contributed by atoms with Crippen molar-refractivity contribution in [2.45, 2.75) is 12.8 Å². The second-order valence-corrected chi connectivity index (χ2v) is 4.16. The van der Waals surface area contributed by atoms with Gasteiger partial charge in [-0.05, 0) is 6.92 Å². The lowest BCUT2D eigenvalue weighted by atomic mass is 9.45. The minimum Gasteiger partial charge on any atom is -0.555 e. The van der Waals surface area contributed by atoms with Crippen LogP contribution >= 0.6 is 0 Å². The number of allylic oxidation sites excluding steroid dienone is 5. The van der Waals surface area contributed by atoms with Gasteiger partial charge >= 0.3 is 14.7 Å². The Morgan fingerprint density at radius 3 is 2.53 bits per heavy atom. The van der Waals surface area contributed by atoms with Crippen LogP contribution < -0.4 is 0 Å². The molecular weight excluding hydrogens is 238 g/mol. The van der Waals surface area contributed by atoms with Gasteiger partial charge in [-0.3, -0.25) is 9.59 Å². The summed E-state index contributed by atoms with van der Waals surface area (Å²) in [7, 11) is 3.93. The first kappa shape index (κ1) is 17.5. The van der Waals surface area contributed by atoms with Gasteiger partial charge in [0.25, 0.3) is 5.87 Å². The third-order valence-electron chi connectivity index (χ3n) is 2.02. The maximum Gasteiger partial charge on any atom is 0.390 e. The van der Waals surface area contributed by atoms with Crippen molar-refractivity contribution in [3.8, 4) is 0 Å². The Morgan fingerprint density at radius 2 is 2.00 bits per heavy atom. The summed E-state index contributed by atoms with van der Waals surface area (Å²) in [6.07, 6.45) is 7.34. The van der Waals surface area contributed by atoms with Crippen LogP contribution in [0.1, 0.15) is 6.92 Å². The number of hydrogen-bond acceptors (Lipinski definition) is 4. The van der Waals surface area contributed by atoms with Crippen molar-refractivity contribution >= 4 is 49.3 Å². The summed E-state index contributed by atoms with van der Waals surface area (Å²) in [4.78, 5) is 22.6. The van der Waals surface area contributed by atoms with E-state index in [0.29, 0.717) is 7.17 Å². The fourth-order valence-electron chi connectivity index (χ4n) is 1.34. The van der Waals surface area contributed by atoms with Gasteiger partial charge in [-0.15, -0.1) is 0 Å². The van der Waals surface area contributed by atoms with Gasteiger partial charge in [-0.25, -0.2) is 0 Å². The molecule has 0 aromatic carbocycles. The van der Waals surface area contributed by atoms with E-state index in [9.17, 15) is 9.59 Å². The molecule has 0 aliphatic rings. The van der Waals surface area contributed by atoms with Gasteiger partial charge in [-0.2, -0.15) is 0 Å². The van der Waals surface area contributed by atoms with Crippen LogP contribution in [0.15, 0.2) is 36.4 Å². The highest BCUT2D eigenvalue weighted by molar-refractivity contribution is 7.04. The standard InChI is InChI=1S/C10H17B5O4/c1-3-5-7(6-4-2)14-15-19-10(17)13-9(16)18-8(11)12/h3-6,8,13-15H,1,11-12H2,2H3/b6-4-,7-5+. The van der Waals surface area contributed by atoms with Crippen molar-refractivity contribution < 1.29 is 19.0 Å². The second kappa shape index (κ2) is 10.4. The van der Waals surface area contributed by atoms with Crippen LogP contribution in [0.2, 0.25) is 0 Å². The number of hydrogen-bond donors (Lipinski definition) is 0. The molecule has 0 bridgehead atoms. The van der Waals surface area contributed by atoms with Crippen molar-refractivity contribution in [1.82, 2.24) is 0 Å². The second-order valence-electron chi connectivity index (χ2n) is 4.16. The minimum atomic E-state index is -0.566. The minimum absolute atomic E-state index is 0.225. The molecule has 0 fully saturated rings. The number of ether oxygens (including phenoxy) is 1. The molecule has 0 N–H and O–H groups in total. The van der Waals surface area contributed by atoms with Crippen molar-refractivity contribution in [1.29, 1.82) is 0 Å². The van der Waals surface area contributed by atoms with Crippen molar-refractivity contribution in [3.05, 3.63) is 36.4 Å². The molecule has 0 spiro atoms. The van der Waals surface area contributed by atoms with E-state index in [1.54, 1.807) is 21.8 Å². The van der Waals surface area contributed by atoms with Crippen LogP contribution in [0.25, 0.3) is 0 Å². The van der Waals surface area contributed by atoms with Gasteiger partial charge in [0.2, 0.25) is 5.87 Å². The zero-order valence-corrected chi connectivity index (χ0v) is 11.8. The van der Waals surface area contributed by atoms with Gasteiger partial charge in [0.1, 0.15) is 15.7 Å². The molecule has 0 saturated heterocycles. The predicted molar refractivity (Wildman–Crippen MR) is 88.4 cm³/mol. The summed E-state index contributed by atoms with van der Waals surface area (Å²) in [6, 6.07) is 0. The molecule has 4 nitrogen and oxygen atoms in total. The van der Waals surface area contributed by atoms with Crippen LogP contribution in [0, 0.1) is 0 Å². The van der Waals surface area contributed by atoms with Crippen LogP contribution in [0.3, 0.4) is 0 Å². The summed E-state index contributed by atoms with van der Waals surface area (Å²) in [5.41, 5.74) is 1.01. The van der Waals surface area contributed by atoms with Crippen LogP contribution in [0.5, 0.6) is 0 Å². The third-order valence-corrected chi connectivity index (χ3v) is 2.02. The maximum absolute atomic E-state index is 11.4. The lowest BCUT2D eigenvalue weighted by Crippen LogP contribution is -2.28. The summed E-state index contributed by atoms with van der Waals surface area (Å²) in [5.74, 6) is -1.35. The number of carbonyl (C=O) groups is 2. The highest BCUT2D eigenvalue weighted by Gasteiger charge is 2.16. The normalized spacial score (nSPS) is 10.9. The summed E-state index contributed by atoms with van der Waals surface area (Å²) in [6.45, 7) is 5.52. The average Bonchev–Trinajstić information content (AvgIpc) is 2.28. The Morgan fingerprint density at radius 1 is 1.32 bits per heavy atom. The van der Waals surface area contributed by atoms with Crippen molar-refractivity contribution in [2.75, 3.05) is 0 Å². The molecule has 0 aliphatic carbocycles. The number of rotatable bonds is 8. The lowest BCUT2D eigenvalue weighted by molar-refractivity contribution is 0.181. The third kappa shape index (κ3) is 10.1. The van der Waals surface area contributed by atoms with Gasteiger partial charge in [0, 0.05) is 5.90 Å². The van der Waals surface area contributed by atoms with E-state index >= 15 is 0 Å². The number of carbonyl (C=O) groups excluding carboxylic acids is 2. The smallest absolute Gasteiger partial charge is 0.390 e. The molecule has 0 aromatic rings. The topological polar surface area (TPSA) is 52.6 Å². The molecular formula is C10H17B5O4. The monoisotopic (exact) mass is 256 g/mol. The van der Waals surface area contributed by atoms with E-state index in [1.165, 1.54) is 0 Å². The first-order valence-electron chi connectivity index (χ1n) is 6.29. The highest BCUT2D eigenvalue weighted by Crippen LogP contribution is 1.95. The quantitative estimate of drug-likeness (QED) is 0.395. The summed E-state index contributed by atoms with van der Waals surface area (Å²) < 4.78 is 9.82. The van der Waals surface area contributed by atoms with E-state index in [2.05, 4.69) is 6.58 Å². The Labute approximate surface area is 118 Å². The van der Waals surface area contributed by atoms with E-state index < -0.39 is 11.7 Å². The van der Waals surface area contributed by atoms with E-state index in [0.717, 1.165) is 5.47 Å². The molecule has 0 amide bonds. The van der Waals surface area contributed by atoms with Crippen LogP contribution in [-0.4, -0.2) is 55.2 Å². The van der Waals surface area contributed by atoms with Gasteiger partial charge in [0.15, 0.2) is 7.17 Å². The zero-order valence-electron chi connectivity index (χ0n) is 11.8. The molecule has 0 aliphatic heterocycles. The van der Waals surface area contributed by atoms with E-state index in [4.69, 9.17) is 9.39 Å². The molecule has 96 valence electrons. The Balaban J connectivity index is 4.00. The molecule has 19 heavy (non-hydrogen) atoms. The predicted octanol–water partition coefficient (Wildman–Crippen LogP) is -1.41. The van der Waals surface area contributed by atoms with Gasteiger partial charge in [-0.1, -0.05) is 36.4 Å². The average molecular weight is 255 g/mol. The molecule has 0 heterocycles. The van der Waals surface area contributed by atoms with Gasteiger partial charge in [0.05, 0.1) is 0 Å². The van der Waals surface area contributed by atoms with Crippen LogP contribution in [0.4, 0.5) is 9.59 Å². The van der Waals surface area contributed by atoms with Crippen molar-refractivity contribution in [2.24, 2.45) is 0 Å². The van der Waals surface area contributed by atoms with E-state index in [-0.39, 0.29) is 20.6 Å². The molecule has 0 unspecified atom stereocenters. The highest BCUT2D eigenvalue weighted by atomic mass is 16.5. The first-order chi connectivity index (χ1) is 8.99. The molecule has 0 atom stereocenters. The molecule has 0 aromatic heterocycles. The fraction of sp³-hybridized carbons (Fsp3) is 0.200. The first-order valence-corrected chi connectivity index (χ1v) is 6.29. The summed E-state index contributed by atoms with van der Waals surface area (Å²) >= 11 is 0. The van der Waals surface area contributed by atoms with Gasteiger partial charge < -0.3 is 9.39 Å². The maximum atomic E-state index is 11.4.